The zero-order chi connectivity index (χ0) is 22.4. The van der Waals surface area contributed by atoms with Gasteiger partial charge >= 0.3 is 0 Å². The monoisotopic (exact) mass is 441 g/mol. The number of thioether (sulfide) groups is 1. The molecule has 0 aliphatic carbocycles. The highest BCUT2D eigenvalue weighted by Crippen LogP contribution is 2.25. The van der Waals surface area contributed by atoms with Crippen LogP contribution >= 0.6 is 11.8 Å². The number of aromatic nitrogens is 2. The largest absolute Gasteiger partial charge is 0.360 e. The normalized spacial score (nSPS) is 14.8. The van der Waals surface area contributed by atoms with E-state index in [0.717, 1.165) is 67.1 Å². The summed E-state index contributed by atoms with van der Waals surface area (Å²) in [7, 11) is 4.18. The van der Waals surface area contributed by atoms with Crippen LogP contribution < -0.4 is 4.90 Å². The molecule has 0 saturated carbocycles. The smallest absolute Gasteiger partial charge is 0.253 e. The van der Waals surface area contributed by atoms with Crippen LogP contribution in [-0.4, -0.2) is 72.5 Å². The summed E-state index contributed by atoms with van der Waals surface area (Å²) in [5.41, 5.74) is 3.00. The van der Waals surface area contributed by atoms with Gasteiger partial charge in [-0.25, -0.2) is 9.97 Å². The van der Waals surface area contributed by atoms with E-state index in [1.807, 2.05) is 29.2 Å². The molecule has 0 bridgehead atoms. The molecule has 0 radical (unpaired) electrons. The molecule has 1 aliphatic rings. The first-order chi connectivity index (χ1) is 14.9. The summed E-state index contributed by atoms with van der Waals surface area (Å²) in [6, 6.07) is 10.1. The molecule has 1 amide bonds. The summed E-state index contributed by atoms with van der Waals surface area (Å²) in [4.78, 5) is 28.7. The molecular weight excluding hydrogens is 406 g/mol. The van der Waals surface area contributed by atoms with E-state index in [4.69, 9.17) is 9.97 Å². The van der Waals surface area contributed by atoms with Crippen molar-refractivity contribution in [2.45, 2.75) is 44.0 Å². The van der Waals surface area contributed by atoms with E-state index in [1.165, 1.54) is 5.56 Å². The number of amides is 1. The van der Waals surface area contributed by atoms with Gasteiger partial charge in [0.15, 0.2) is 5.16 Å². The number of carbonyl (C=O) groups is 1. The first kappa shape index (κ1) is 23.5. The van der Waals surface area contributed by atoms with Gasteiger partial charge in [-0.15, -0.1) is 0 Å². The Morgan fingerprint density at radius 1 is 1.13 bits per heavy atom. The van der Waals surface area contributed by atoms with Crippen LogP contribution in [0.1, 0.15) is 54.7 Å². The molecule has 6 nitrogen and oxygen atoms in total. The summed E-state index contributed by atoms with van der Waals surface area (Å²) in [5, 5.41) is 0.807. The Hall–Kier alpha value is -2.12. The van der Waals surface area contributed by atoms with Crippen LogP contribution in [0.5, 0.6) is 0 Å². The van der Waals surface area contributed by atoms with Gasteiger partial charge in [0.05, 0.1) is 0 Å². The quantitative estimate of drug-likeness (QED) is 0.454. The third-order valence-electron chi connectivity index (χ3n) is 5.61. The number of hydrogen-bond donors (Lipinski definition) is 0. The molecule has 2 heterocycles. The number of piperazine rings is 1. The van der Waals surface area contributed by atoms with Crippen molar-refractivity contribution in [3.63, 3.8) is 0 Å². The third-order valence-corrected chi connectivity index (χ3v) is 6.53. The van der Waals surface area contributed by atoms with Crippen molar-refractivity contribution in [2.75, 3.05) is 51.7 Å². The molecule has 168 valence electrons. The van der Waals surface area contributed by atoms with E-state index < -0.39 is 0 Å². The van der Waals surface area contributed by atoms with Crippen molar-refractivity contribution in [1.29, 1.82) is 0 Å². The van der Waals surface area contributed by atoms with E-state index >= 15 is 0 Å². The highest BCUT2D eigenvalue weighted by Gasteiger charge is 2.20. The second-order valence-electron chi connectivity index (χ2n) is 8.59. The Morgan fingerprint density at radius 2 is 1.81 bits per heavy atom. The third kappa shape index (κ3) is 6.43. The van der Waals surface area contributed by atoms with Crippen molar-refractivity contribution in [1.82, 2.24) is 19.8 Å². The minimum Gasteiger partial charge on any atom is -0.360 e. The van der Waals surface area contributed by atoms with Gasteiger partial charge in [0.2, 0.25) is 0 Å². The Bertz CT molecular complexity index is 863. The Morgan fingerprint density at radius 3 is 2.42 bits per heavy atom. The Labute approximate surface area is 191 Å². The lowest BCUT2D eigenvalue weighted by atomic mass is 10.1. The van der Waals surface area contributed by atoms with Crippen LogP contribution in [0.4, 0.5) is 5.82 Å². The van der Waals surface area contributed by atoms with Crippen LogP contribution in [0.15, 0.2) is 35.5 Å². The molecular formula is C24H35N5OS. The van der Waals surface area contributed by atoms with Gasteiger partial charge in [-0.1, -0.05) is 44.7 Å². The van der Waals surface area contributed by atoms with E-state index in [1.54, 1.807) is 11.8 Å². The van der Waals surface area contributed by atoms with Crippen LogP contribution in [0.2, 0.25) is 0 Å². The van der Waals surface area contributed by atoms with Gasteiger partial charge in [0.1, 0.15) is 5.82 Å². The van der Waals surface area contributed by atoms with Gasteiger partial charge in [-0.05, 0) is 37.1 Å². The van der Waals surface area contributed by atoms with Crippen molar-refractivity contribution < 1.29 is 4.79 Å². The first-order valence-corrected chi connectivity index (χ1v) is 12.2. The van der Waals surface area contributed by atoms with E-state index in [-0.39, 0.29) is 5.91 Å². The fraction of sp³-hybridized carbons (Fsp3) is 0.542. The molecule has 1 saturated heterocycles. The van der Waals surface area contributed by atoms with Crippen molar-refractivity contribution in [3.05, 3.63) is 47.2 Å². The van der Waals surface area contributed by atoms with E-state index in [0.29, 0.717) is 5.92 Å². The number of likely N-dealkylation sites (N-methyl/N-ethyl adjacent to an activating group) is 1. The van der Waals surface area contributed by atoms with Crippen LogP contribution in [0, 0.1) is 0 Å². The van der Waals surface area contributed by atoms with Crippen LogP contribution in [0.3, 0.4) is 0 Å². The number of rotatable bonds is 8. The molecule has 1 aromatic heterocycles. The zero-order valence-corrected chi connectivity index (χ0v) is 20.3. The lowest BCUT2D eigenvalue weighted by Crippen LogP contribution is -2.47. The molecule has 1 aliphatic heterocycles. The minimum atomic E-state index is 0.129. The molecule has 1 aromatic carbocycles. The standard InChI is InChI=1S/C24H35N5OS/c1-6-11-28(5)22-16-21(18(2)3)25-24(26-22)31-17-19-7-9-20(10-8-19)23(30)29-14-12-27(4)13-15-29/h7-10,16,18H,6,11-15,17H2,1-5H3. The molecule has 0 atom stereocenters. The van der Waals surface area contributed by atoms with Crippen LogP contribution in [-0.2, 0) is 5.75 Å². The van der Waals surface area contributed by atoms with Gasteiger partial charge < -0.3 is 14.7 Å². The Balaban J connectivity index is 1.65. The summed E-state index contributed by atoms with van der Waals surface area (Å²) < 4.78 is 0. The fourth-order valence-electron chi connectivity index (χ4n) is 3.52. The fourth-order valence-corrected chi connectivity index (χ4v) is 4.34. The minimum absolute atomic E-state index is 0.129. The average Bonchev–Trinajstić information content (AvgIpc) is 2.78. The summed E-state index contributed by atoms with van der Waals surface area (Å²) >= 11 is 1.65. The molecule has 2 aromatic rings. The summed E-state index contributed by atoms with van der Waals surface area (Å²) in [6.07, 6.45) is 1.08. The van der Waals surface area contributed by atoms with Gasteiger partial charge in [0.25, 0.3) is 5.91 Å². The highest BCUT2D eigenvalue weighted by molar-refractivity contribution is 7.98. The van der Waals surface area contributed by atoms with Crippen molar-refractivity contribution in [2.24, 2.45) is 0 Å². The molecule has 1 fully saturated rings. The average molecular weight is 442 g/mol. The maximum Gasteiger partial charge on any atom is 0.253 e. The molecule has 3 rings (SSSR count). The van der Waals surface area contributed by atoms with E-state index in [9.17, 15) is 4.79 Å². The number of benzene rings is 1. The second-order valence-corrected chi connectivity index (χ2v) is 9.53. The SMILES string of the molecule is CCCN(C)c1cc(C(C)C)nc(SCc2ccc(C(=O)N3CCN(C)CC3)cc2)n1. The highest BCUT2D eigenvalue weighted by atomic mass is 32.2. The zero-order valence-electron chi connectivity index (χ0n) is 19.5. The Kier molecular flexibility index (Phi) is 8.32. The maximum absolute atomic E-state index is 12.7. The maximum atomic E-state index is 12.7. The van der Waals surface area contributed by atoms with Gasteiger partial charge in [-0.2, -0.15) is 0 Å². The van der Waals surface area contributed by atoms with Crippen molar-refractivity contribution >= 4 is 23.5 Å². The predicted octanol–water partition coefficient (Wildman–Crippen LogP) is 4.13. The van der Waals surface area contributed by atoms with Crippen molar-refractivity contribution in [3.8, 4) is 0 Å². The number of carbonyl (C=O) groups excluding carboxylic acids is 1. The van der Waals surface area contributed by atoms with Gasteiger partial charge in [-0.3, -0.25) is 4.79 Å². The molecule has 0 N–H and O–H groups in total. The van der Waals surface area contributed by atoms with E-state index in [2.05, 4.69) is 50.7 Å². The summed E-state index contributed by atoms with van der Waals surface area (Å²) in [5.74, 6) is 2.25. The molecule has 0 unspecified atom stereocenters. The number of anilines is 1. The summed E-state index contributed by atoms with van der Waals surface area (Å²) in [6.45, 7) is 10.9. The first-order valence-electron chi connectivity index (χ1n) is 11.2. The van der Waals surface area contributed by atoms with Crippen LogP contribution in [0.25, 0.3) is 0 Å². The van der Waals surface area contributed by atoms with Gasteiger partial charge in [0, 0.05) is 62.8 Å². The molecule has 31 heavy (non-hydrogen) atoms. The lowest BCUT2D eigenvalue weighted by molar-refractivity contribution is 0.0664. The molecule has 7 heteroatoms. The number of hydrogen-bond acceptors (Lipinski definition) is 6. The molecule has 0 spiro atoms. The predicted molar refractivity (Wildman–Crippen MR) is 129 cm³/mol. The second kappa shape index (κ2) is 11.0. The topological polar surface area (TPSA) is 52.6 Å². The number of nitrogens with zero attached hydrogens (tertiary/aromatic N) is 5. The lowest BCUT2D eigenvalue weighted by Gasteiger charge is -2.32.